The zero-order valence-corrected chi connectivity index (χ0v) is 23.7. The lowest BCUT2D eigenvalue weighted by Crippen LogP contribution is -2.37. The van der Waals surface area contributed by atoms with Crippen LogP contribution in [0.25, 0.3) is 11.3 Å². The highest BCUT2D eigenvalue weighted by atomic mass is 19.3. The molecule has 1 aliphatic rings. The Hall–Kier alpha value is -3.46. The Morgan fingerprint density at radius 3 is 2.40 bits per heavy atom. The van der Waals surface area contributed by atoms with Crippen molar-refractivity contribution in [3.05, 3.63) is 65.6 Å². The average molecular weight is 553 g/mol. The van der Waals surface area contributed by atoms with E-state index in [1.165, 1.54) is 18.3 Å². The number of carbonyl (C=O) groups is 1. The Kier molecular flexibility index (Phi) is 8.83. The second kappa shape index (κ2) is 12.0. The molecule has 7 nitrogen and oxygen atoms in total. The summed E-state index contributed by atoms with van der Waals surface area (Å²) in [5, 5.41) is 14.5. The van der Waals surface area contributed by atoms with Gasteiger partial charge in [-0.15, -0.1) is 0 Å². The van der Waals surface area contributed by atoms with Gasteiger partial charge in [0.25, 0.3) is 6.43 Å². The van der Waals surface area contributed by atoms with Crippen molar-refractivity contribution in [2.24, 2.45) is 17.3 Å². The maximum absolute atomic E-state index is 13.1. The zero-order chi connectivity index (χ0) is 29.1. The molecule has 1 saturated carbocycles. The lowest BCUT2D eigenvalue weighted by Gasteiger charge is -2.37. The van der Waals surface area contributed by atoms with E-state index in [0.717, 1.165) is 11.1 Å². The van der Waals surface area contributed by atoms with Crippen molar-refractivity contribution >= 4 is 17.6 Å². The number of aliphatic hydroxyl groups is 1. The van der Waals surface area contributed by atoms with Gasteiger partial charge in [0.05, 0.1) is 23.9 Å². The highest BCUT2D eigenvalue weighted by Crippen LogP contribution is 2.41. The molecule has 0 bridgehead atoms. The molecule has 1 atom stereocenters. The van der Waals surface area contributed by atoms with Crippen LogP contribution in [0.4, 0.5) is 20.4 Å². The van der Waals surface area contributed by atoms with Crippen molar-refractivity contribution in [2.45, 2.75) is 72.3 Å². The van der Waals surface area contributed by atoms with Crippen molar-refractivity contribution in [2.75, 3.05) is 11.9 Å². The van der Waals surface area contributed by atoms with Crippen molar-refractivity contribution in [1.29, 1.82) is 0 Å². The minimum atomic E-state index is -2.59. The van der Waals surface area contributed by atoms with E-state index in [9.17, 15) is 18.7 Å². The highest BCUT2D eigenvalue weighted by Gasteiger charge is 2.39. The molecule has 1 fully saturated rings. The van der Waals surface area contributed by atoms with Crippen molar-refractivity contribution in [3.8, 4) is 11.3 Å². The summed E-state index contributed by atoms with van der Waals surface area (Å²) in [6.45, 7) is 10.2. The number of nitrogens with zero attached hydrogens (tertiary/aromatic N) is 3. The maximum atomic E-state index is 13.1. The number of ether oxygens (including phenoxy) is 1. The number of esters is 1. The number of pyridine rings is 3. The van der Waals surface area contributed by atoms with E-state index < -0.39 is 12.0 Å². The van der Waals surface area contributed by atoms with Gasteiger partial charge in [-0.3, -0.25) is 9.78 Å². The third-order valence-electron chi connectivity index (χ3n) is 7.34. The smallest absolute Gasteiger partial charge is 0.308 e. The molecular formula is C31H38F2N4O3. The van der Waals surface area contributed by atoms with E-state index in [-0.39, 0.29) is 34.6 Å². The molecule has 0 aromatic carbocycles. The summed E-state index contributed by atoms with van der Waals surface area (Å²) < 4.78 is 31.7. The Morgan fingerprint density at radius 2 is 1.77 bits per heavy atom. The van der Waals surface area contributed by atoms with Crippen molar-refractivity contribution in [1.82, 2.24) is 15.0 Å². The fourth-order valence-electron chi connectivity index (χ4n) is 5.01. The lowest BCUT2D eigenvalue weighted by atomic mass is 9.73. The maximum Gasteiger partial charge on any atom is 0.308 e. The predicted octanol–water partition coefficient (Wildman–Crippen LogP) is 7.13. The molecule has 9 heteroatoms. The quantitative estimate of drug-likeness (QED) is 0.287. The number of aromatic nitrogens is 3. The molecule has 2 N–H and O–H groups in total. The zero-order valence-electron chi connectivity index (χ0n) is 23.7. The van der Waals surface area contributed by atoms with Crippen LogP contribution in [0.15, 0.2) is 48.8 Å². The van der Waals surface area contributed by atoms with E-state index in [1.54, 1.807) is 13.1 Å². The molecule has 3 aromatic rings. The standard InChI is InChI=1S/C31H38F2N4O3/c1-19-14-24(36-27(15-19)37-26-16-21(28(32)33)12-13-34-26)22-8-11-25(35-17-22)31(5,39)23-9-6-20(7-10-23)29(38)40-18-30(2,3)4/h8,11-17,20,23,28,39H,6-7,9-10,18H2,1-5H3,(H,34,36,37)/t20-,23-,31?. The van der Waals surface area contributed by atoms with Gasteiger partial charge >= 0.3 is 5.97 Å². The lowest BCUT2D eigenvalue weighted by molar-refractivity contribution is -0.153. The highest BCUT2D eigenvalue weighted by molar-refractivity contribution is 5.72. The minimum Gasteiger partial charge on any atom is -0.465 e. The first-order valence-corrected chi connectivity index (χ1v) is 13.7. The van der Waals surface area contributed by atoms with Gasteiger partial charge in [0.2, 0.25) is 0 Å². The molecule has 0 spiro atoms. The van der Waals surface area contributed by atoms with E-state index in [4.69, 9.17) is 4.74 Å². The second-order valence-electron chi connectivity index (χ2n) is 12.1. The average Bonchev–Trinajstić information content (AvgIpc) is 2.91. The minimum absolute atomic E-state index is 0.0260. The van der Waals surface area contributed by atoms with Crippen LogP contribution >= 0.6 is 0 Å². The van der Waals surface area contributed by atoms with E-state index in [2.05, 4.69) is 20.3 Å². The number of alkyl halides is 2. The molecule has 3 heterocycles. The molecule has 0 radical (unpaired) electrons. The van der Waals surface area contributed by atoms with Gasteiger partial charge in [-0.2, -0.15) is 0 Å². The second-order valence-corrected chi connectivity index (χ2v) is 12.1. The van der Waals surface area contributed by atoms with Gasteiger partial charge in [-0.05, 0) is 92.8 Å². The monoisotopic (exact) mass is 552 g/mol. The van der Waals surface area contributed by atoms with Gasteiger partial charge in [0.15, 0.2) is 0 Å². The fraction of sp³-hybridized carbons (Fsp3) is 0.484. The summed E-state index contributed by atoms with van der Waals surface area (Å²) in [7, 11) is 0. The molecule has 214 valence electrons. The molecule has 0 aliphatic heterocycles. The van der Waals surface area contributed by atoms with Crippen LogP contribution in [0.1, 0.15) is 76.6 Å². The molecular weight excluding hydrogens is 514 g/mol. The first-order valence-electron chi connectivity index (χ1n) is 13.7. The van der Waals surface area contributed by atoms with Gasteiger partial charge < -0.3 is 15.2 Å². The number of carbonyl (C=O) groups excluding carboxylic acids is 1. The number of anilines is 2. The first-order chi connectivity index (χ1) is 18.8. The van der Waals surface area contributed by atoms with Crippen LogP contribution in [0.5, 0.6) is 0 Å². The SMILES string of the molecule is Cc1cc(Nc2cc(C(F)F)ccn2)nc(-c2ccc(C(C)(O)[C@H]3CC[C@H](C(=O)OCC(C)(C)C)CC3)nc2)c1. The number of halogens is 2. The number of rotatable bonds is 8. The number of aryl methyl sites for hydroxylation is 1. The normalized spacial score (nSPS) is 19.2. The Bertz CT molecular complexity index is 1310. The summed E-state index contributed by atoms with van der Waals surface area (Å²) in [5.41, 5.74) is 1.56. The summed E-state index contributed by atoms with van der Waals surface area (Å²) in [5.74, 6) is 0.453. The summed E-state index contributed by atoms with van der Waals surface area (Å²) in [6.07, 6.45) is 3.21. The van der Waals surface area contributed by atoms with Crippen LogP contribution < -0.4 is 5.32 Å². The molecule has 40 heavy (non-hydrogen) atoms. The van der Waals surface area contributed by atoms with E-state index in [0.29, 0.717) is 49.5 Å². The molecule has 1 aliphatic carbocycles. The largest absolute Gasteiger partial charge is 0.465 e. The summed E-state index contributed by atoms with van der Waals surface area (Å²) in [6, 6.07) is 9.97. The number of nitrogens with one attached hydrogen (secondary N) is 1. The van der Waals surface area contributed by atoms with Crippen molar-refractivity contribution in [3.63, 3.8) is 0 Å². The van der Waals surface area contributed by atoms with Gasteiger partial charge in [-0.25, -0.2) is 18.7 Å². The summed E-state index contributed by atoms with van der Waals surface area (Å²) >= 11 is 0. The molecule has 3 aromatic heterocycles. The predicted molar refractivity (Wildman–Crippen MR) is 150 cm³/mol. The van der Waals surface area contributed by atoms with Crippen molar-refractivity contribution < 1.29 is 23.4 Å². The topological polar surface area (TPSA) is 97.2 Å². The third kappa shape index (κ3) is 7.38. The Balaban J connectivity index is 1.43. The van der Waals surface area contributed by atoms with Crippen LogP contribution in [0.2, 0.25) is 0 Å². The molecule has 1 unspecified atom stereocenters. The molecule has 0 saturated heterocycles. The first kappa shape index (κ1) is 29.5. The van der Waals surface area contributed by atoms with Crippen LogP contribution in [0, 0.1) is 24.2 Å². The van der Waals surface area contributed by atoms with Crippen LogP contribution in [-0.2, 0) is 15.1 Å². The Morgan fingerprint density at radius 1 is 1.05 bits per heavy atom. The van der Waals surface area contributed by atoms with E-state index in [1.807, 2.05) is 52.0 Å². The molecule has 4 rings (SSSR count). The van der Waals surface area contributed by atoms with Crippen LogP contribution in [0.3, 0.4) is 0 Å². The van der Waals surface area contributed by atoms with Crippen LogP contribution in [-0.4, -0.2) is 32.6 Å². The van der Waals surface area contributed by atoms with Gasteiger partial charge in [0.1, 0.15) is 17.2 Å². The molecule has 0 amide bonds. The van der Waals surface area contributed by atoms with Gasteiger partial charge in [0, 0.05) is 23.5 Å². The number of hydrogen-bond acceptors (Lipinski definition) is 7. The summed E-state index contributed by atoms with van der Waals surface area (Å²) in [4.78, 5) is 25.8. The third-order valence-corrected chi connectivity index (χ3v) is 7.34. The fourth-order valence-corrected chi connectivity index (χ4v) is 5.01. The van der Waals surface area contributed by atoms with E-state index >= 15 is 0 Å². The Labute approximate surface area is 234 Å². The number of hydrogen-bond donors (Lipinski definition) is 2. The van der Waals surface area contributed by atoms with Gasteiger partial charge in [-0.1, -0.05) is 20.8 Å².